The minimum absolute atomic E-state index is 0.111. The highest BCUT2D eigenvalue weighted by molar-refractivity contribution is 6.31. The second kappa shape index (κ2) is 6.89. The van der Waals surface area contributed by atoms with Gasteiger partial charge in [0.25, 0.3) is 5.91 Å². The number of likely N-dealkylation sites (tertiary alicyclic amines) is 1. The number of hydrogen-bond donors (Lipinski definition) is 1. The van der Waals surface area contributed by atoms with Gasteiger partial charge in [0.15, 0.2) is 5.69 Å². The maximum Gasteiger partial charge on any atom is 0.273 e. The molecule has 2 heterocycles. The van der Waals surface area contributed by atoms with Crippen molar-refractivity contribution in [2.75, 3.05) is 20.2 Å². The maximum atomic E-state index is 12.3. The minimum Gasteiger partial charge on any atom is -0.497 e. The molecule has 2 aromatic rings. The summed E-state index contributed by atoms with van der Waals surface area (Å²) in [6.45, 7) is 3.66. The van der Waals surface area contributed by atoms with E-state index in [1.807, 2.05) is 18.2 Å². The van der Waals surface area contributed by atoms with Crippen LogP contribution in [-0.2, 0) is 0 Å². The van der Waals surface area contributed by atoms with E-state index in [1.54, 1.807) is 18.0 Å². The largest absolute Gasteiger partial charge is 0.497 e. The number of rotatable bonds is 6. The molecule has 7 nitrogen and oxygen atoms in total. The Balaban J connectivity index is 1.32. The molecule has 1 aromatic heterocycles. The van der Waals surface area contributed by atoms with Gasteiger partial charge in [0, 0.05) is 24.2 Å². The van der Waals surface area contributed by atoms with E-state index in [0.29, 0.717) is 11.7 Å². The second-order valence-electron chi connectivity index (χ2n) is 7.00. The Morgan fingerprint density at radius 1 is 1.38 bits per heavy atom. The molecule has 1 aromatic carbocycles. The van der Waals surface area contributed by atoms with Crippen LogP contribution in [-0.4, -0.2) is 52.0 Å². The first-order valence-corrected chi connectivity index (χ1v) is 9.23. The molecule has 0 radical (unpaired) electrons. The lowest BCUT2D eigenvalue weighted by Gasteiger charge is -2.43. The second-order valence-corrected chi connectivity index (χ2v) is 7.41. The molecule has 8 heteroatoms. The Kier molecular flexibility index (Phi) is 4.58. The molecule has 2 fully saturated rings. The molecule has 1 aliphatic carbocycles. The van der Waals surface area contributed by atoms with Crippen molar-refractivity contribution in [3.8, 4) is 5.75 Å². The van der Waals surface area contributed by atoms with Crippen LogP contribution < -0.4 is 10.1 Å². The number of carbonyl (C=O) groups is 1. The third kappa shape index (κ3) is 3.41. The summed E-state index contributed by atoms with van der Waals surface area (Å²) in [6, 6.07) is 6.37. The lowest BCUT2D eigenvalue weighted by atomic mass is 10.00. The van der Waals surface area contributed by atoms with E-state index < -0.39 is 0 Å². The van der Waals surface area contributed by atoms with Gasteiger partial charge in [-0.2, -0.15) is 0 Å². The van der Waals surface area contributed by atoms with Gasteiger partial charge in [-0.05, 0) is 43.5 Å². The van der Waals surface area contributed by atoms with Gasteiger partial charge in [0.1, 0.15) is 5.75 Å². The van der Waals surface area contributed by atoms with E-state index in [0.717, 1.165) is 42.3 Å². The number of amides is 1. The standard InChI is InChI=1S/C18H22ClN5O2/c1-11(15-7-14(26-2)5-6-16(15)19)23-8-12(9-23)20-18(25)17-10-24(22-21-17)13-3-4-13/h5-7,10-13H,3-4,8-9H2,1-2H3,(H,20,25). The molecule has 138 valence electrons. The van der Waals surface area contributed by atoms with Gasteiger partial charge in [0.05, 0.1) is 25.4 Å². The molecule has 26 heavy (non-hydrogen) atoms. The molecule has 1 saturated carbocycles. The van der Waals surface area contributed by atoms with Crippen molar-refractivity contribution in [1.82, 2.24) is 25.2 Å². The van der Waals surface area contributed by atoms with Gasteiger partial charge in [0.2, 0.25) is 0 Å². The van der Waals surface area contributed by atoms with Crippen LogP contribution in [0.2, 0.25) is 5.02 Å². The van der Waals surface area contributed by atoms with Crippen molar-refractivity contribution in [2.45, 2.75) is 37.9 Å². The average molecular weight is 376 g/mol. The van der Waals surface area contributed by atoms with Crippen LogP contribution in [0.3, 0.4) is 0 Å². The number of benzene rings is 1. The summed E-state index contributed by atoms with van der Waals surface area (Å²) >= 11 is 6.34. The first kappa shape index (κ1) is 17.3. The third-order valence-corrected chi connectivity index (χ3v) is 5.45. The van der Waals surface area contributed by atoms with Crippen LogP contribution in [0.1, 0.15) is 47.9 Å². The molecule has 1 atom stereocenters. The normalized spacial score (nSPS) is 19.0. The number of aromatic nitrogens is 3. The van der Waals surface area contributed by atoms with E-state index >= 15 is 0 Å². The summed E-state index contributed by atoms with van der Waals surface area (Å²) in [4.78, 5) is 14.6. The molecule has 4 rings (SSSR count). The fourth-order valence-corrected chi connectivity index (χ4v) is 3.52. The first-order chi connectivity index (χ1) is 12.5. The van der Waals surface area contributed by atoms with Crippen molar-refractivity contribution in [3.63, 3.8) is 0 Å². The van der Waals surface area contributed by atoms with Gasteiger partial charge >= 0.3 is 0 Å². The van der Waals surface area contributed by atoms with Crippen molar-refractivity contribution in [1.29, 1.82) is 0 Å². The molecule has 1 N–H and O–H groups in total. The summed E-state index contributed by atoms with van der Waals surface area (Å²) < 4.78 is 7.07. The van der Waals surface area contributed by atoms with Crippen LogP contribution in [0.4, 0.5) is 0 Å². The Morgan fingerprint density at radius 3 is 2.85 bits per heavy atom. The molecule has 1 unspecified atom stereocenters. The predicted octanol–water partition coefficient (Wildman–Crippen LogP) is 2.45. The SMILES string of the molecule is COc1ccc(Cl)c(C(C)N2CC(NC(=O)c3cn(C4CC4)nn3)C2)c1. The molecule has 1 aliphatic heterocycles. The summed E-state index contributed by atoms with van der Waals surface area (Å²) in [5.41, 5.74) is 1.42. The van der Waals surface area contributed by atoms with Crippen LogP contribution in [0.5, 0.6) is 5.75 Å². The average Bonchev–Trinajstić information content (AvgIpc) is 3.34. The number of carbonyl (C=O) groups excluding carboxylic acids is 1. The highest BCUT2D eigenvalue weighted by Crippen LogP contribution is 2.34. The summed E-state index contributed by atoms with van der Waals surface area (Å²) in [5.74, 6) is 0.633. The maximum absolute atomic E-state index is 12.3. The van der Waals surface area contributed by atoms with E-state index in [4.69, 9.17) is 16.3 Å². The highest BCUT2D eigenvalue weighted by atomic mass is 35.5. The number of ether oxygens (including phenoxy) is 1. The van der Waals surface area contributed by atoms with Crippen molar-refractivity contribution in [3.05, 3.63) is 40.7 Å². The van der Waals surface area contributed by atoms with Gasteiger partial charge < -0.3 is 10.1 Å². The molecule has 0 bridgehead atoms. The number of hydrogen-bond acceptors (Lipinski definition) is 5. The van der Waals surface area contributed by atoms with Gasteiger partial charge in [-0.15, -0.1) is 5.10 Å². The van der Waals surface area contributed by atoms with E-state index in [-0.39, 0.29) is 18.0 Å². The number of nitrogens with one attached hydrogen (secondary N) is 1. The summed E-state index contributed by atoms with van der Waals surface area (Å²) in [6.07, 6.45) is 3.97. The van der Waals surface area contributed by atoms with Gasteiger partial charge in [-0.25, -0.2) is 4.68 Å². The molecule has 1 amide bonds. The Bertz CT molecular complexity index is 814. The summed E-state index contributed by atoms with van der Waals surface area (Å²) in [7, 11) is 1.65. The predicted molar refractivity (Wildman–Crippen MR) is 97.5 cm³/mol. The fraction of sp³-hybridized carbons (Fsp3) is 0.500. The Hall–Kier alpha value is -2.12. The van der Waals surface area contributed by atoms with Crippen LogP contribution in [0, 0.1) is 0 Å². The Labute approximate surface area is 157 Å². The zero-order valence-electron chi connectivity index (χ0n) is 14.9. The minimum atomic E-state index is -0.159. The van der Waals surface area contributed by atoms with Crippen LogP contribution in [0.15, 0.2) is 24.4 Å². The van der Waals surface area contributed by atoms with Crippen molar-refractivity contribution in [2.24, 2.45) is 0 Å². The third-order valence-electron chi connectivity index (χ3n) is 5.11. The molecular formula is C18H22ClN5O2. The van der Waals surface area contributed by atoms with Crippen LogP contribution in [0.25, 0.3) is 0 Å². The number of methoxy groups -OCH3 is 1. The topological polar surface area (TPSA) is 72.3 Å². The number of nitrogens with zero attached hydrogens (tertiary/aromatic N) is 4. The zero-order valence-corrected chi connectivity index (χ0v) is 15.6. The molecular weight excluding hydrogens is 354 g/mol. The molecule has 2 aliphatic rings. The number of halogens is 1. The lowest BCUT2D eigenvalue weighted by Crippen LogP contribution is -2.59. The van der Waals surface area contributed by atoms with Gasteiger partial charge in [-0.3, -0.25) is 9.69 Å². The quantitative estimate of drug-likeness (QED) is 0.839. The Morgan fingerprint density at radius 2 is 2.15 bits per heavy atom. The lowest BCUT2D eigenvalue weighted by molar-refractivity contribution is 0.0672. The molecule has 0 spiro atoms. The van der Waals surface area contributed by atoms with E-state index in [2.05, 4.69) is 27.5 Å². The van der Waals surface area contributed by atoms with Crippen molar-refractivity contribution >= 4 is 17.5 Å². The van der Waals surface area contributed by atoms with Crippen molar-refractivity contribution < 1.29 is 9.53 Å². The van der Waals surface area contributed by atoms with Gasteiger partial charge in [-0.1, -0.05) is 16.8 Å². The summed E-state index contributed by atoms with van der Waals surface area (Å²) in [5, 5.41) is 11.8. The first-order valence-electron chi connectivity index (χ1n) is 8.85. The monoisotopic (exact) mass is 375 g/mol. The zero-order chi connectivity index (χ0) is 18.3. The fourth-order valence-electron chi connectivity index (χ4n) is 3.24. The smallest absolute Gasteiger partial charge is 0.273 e. The molecule has 1 saturated heterocycles. The van der Waals surface area contributed by atoms with Crippen LogP contribution >= 0.6 is 11.6 Å². The van der Waals surface area contributed by atoms with E-state index in [9.17, 15) is 4.79 Å². The van der Waals surface area contributed by atoms with E-state index in [1.165, 1.54) is 0 Å². The highest BCUT2D eigenvalue weighted by Gasteiger charge is 2.33.